The fourth-order valence-corrected chi connectivity index (χ4v) is 3.29. The highest BCUT2D eigenvalue weighted by Crippen LogP contribution is 2.29. The van der Waals surface area contributed by atoms with Gasteiger partial charge in [-0.05, 0) is 39.8 Å². The van der Waals surface area contributed by atoms with Crippen LogP contribution in [0.4, 0.5) is 4.79 Å². The second kappa shape index (κ2) is 5.09. The summed E-state index contributed by atoms with van der Waals surface area (Å²) in [5, 5.41) is 3.32. The van der Waals surface area contributed by atoms with Gasteiger partial charge in [-0.2, -0.15) is 0 Å². The van der Waals surface area contributed by atoms with Crippen LogP contribution >= 0.6 is 0 Å². The number of esters is 1. The number of carbonyl (C=O) groups is 2. The fourth-order valence-electron chi connectivity index (χ4n) is 3.29. The predicted octanol–water partition coefficient (Wildman–Crippen LogP) is 0.695. The normalized spacial score (nSPS) is 28.6. The summed E-state index contributed by atoms with van der Waals surface area (Å²) in [6.45, 7) is 6.65. The summed E-state index contributed by atoms with van der Waals surface area (Å²) in [7, 11) is 0. The lowest BCUT2D eigenvalue weighted by Crippen LogP contribution is -2.45. The first-order chi connectivity index (χ1) is 9.59. The van der Waals surface area contributed by atoms with E-state index in [9.17, 15) is 9.59 Å². The highest BCUT2D eigenvalue weighted by atomic mass is 16.5. The highest BCUT2D eigenvalue weighted by Gasteiger charge is 2.42. The van der Waals surface area contributed by atoms with Gasteiger partial charge in [0.15, 0.2) is 0 Å². The lowest BCUT2D eigenvalue weighted by Gasteiger charge is -2.31. The van der Waals surface area contributed by atoms with E-state index < -0.39 is 0 Å². The zero-order valence-corrected chi connectivity index (χ0v) is 12.0. The molecule has 110 valence electrons. The van der Waals surface area contributed by atoms with Crippen molar-refractivity contribution in [2.75, 3.05) is 26.2 Å². The van der Waals surface area contributed by atoms with Crippen molar-refractivity contribution < 1.29 is 14.3 Å². The number of nitrogens with one attached hydrogen (secondary N) is 1. The van der Waals surface area contributed by atoms with E-state index in [1.54, 1.807) is 11.8 Å². The van der Waals surface area contributed by atoms with E-state index in [1.165, 1.54) is 0 Å². The average Bonchev–Trinajstić information content (AvgIpc) is 2.92. The molecule has 0 radical (unpaired) electrons. The number of ether oxygens (including phenoxy) is 1. The number of cyclic esters (lactones) is 1. The fraction of sp³-hybridized carbons (Fsp3) is 0.714. The molecule has 0 spiro atoms. The van der Waals surface area contributed by atoms with E-state index in [0.29, 0.717) is 11.6 Å². The lowest BCUT2D eigenvalue weighted by molar-refractivity contribution is -0.136. The van der Waals surface area contributed by atoms with Gasteiger partial charge >= 0.3 is 12.0 Å². The molecule has 6 heteroatoms. The first kappa shape index (κ1) is 13.4. The Balaban J connectivity index is 1.80. The van der Waals surface area contributed by atoms with Gasteiger partial charge in [-0.15, -0.1) is 0 Å². The summed E-state index contributed by atoms with van der Waals surface area (Å²) in [6.07, 6.45) is 2.00. The van der Waals surface area contributed by atoms with Crippen LogP contribution in [-0.4, -0.2) is 60.1 Å². The number of hydrogen-bond donors (Lipinski definition) is 1. The molecule has 0 aromatic rings. The first-order valence-corrected chi connectivity index (χ1v) is 7.27. The number of urea groups is 1. The summed E-state index contributed by atoms with van der Waals surface area (Å²) >= 11 is 0. The molecule has 1 unspecified atom stereocenters. The van der Waals surface area contributed by atoms with E-state index in [1.807, 2.05) is 11.8 Å². The van der Waals surface area contributed by atoms with Gasteiger partial charge in [0.25, 0.3) is 0 Å². The number of hydrogen-bond acceptors (Lipinski definition) is 4. The Morgan fingerprint density at radius 1 is 1.25 bits per heavy atom. The van der Waals surface area contributed by atoms with Gasteiger partial charge in [0.2, 0.25) is 0 Å². The Labute approximate surface area is 118 Å². The van der Waals surface area contributed by atoms with Crippen LogP contribution in [-0.2, 0) is 9.53 Å². The summed E-state index contributed by atoms with van der Waals surface area (Å²) in [4.78, 5) is 27.9. The van der Waals surface area contributed by atoms with Crippen LogP contribution in [0.15, 0.2) is 11.3 Å². The van der Waals surface area contributed by atoms with Crippen molar-refractivity contribution in [3.63, 3.8) is 0 Å². The molecule has 3 rings (SSSR count). The molecule has 0 aromatic carbocycles. The number of amides is 2. The van der Waals surface area contributed by atoms with Gasteiger partial charge in [-0.1, -0.05) is 0 Å². The maximum atomic E-state index is 12.7. The molecule has 6 nitrogen and oxygen atoms in total. The second-order valence-electron chi connectivity index (χ2n) is 5.78. The first-order valence-electron chi connectivity index (χ1n) is 7.27. The third-order valence-corrected chi connectivity index (χ3v) is 4.47. The topological polar surface area (TPSA) is 61.9 Å². The van der Waals surface area contributed by atoms with Gasteiger partial charge in [0.05, 0.1) is 17.3 Å². The van der Waals surface area contributed by atoms with Gasteiger partial charge in [0, 0.05) is 12.6 Å². The SMILES string of the molecule is CC1=C(N2C(=O)N(C3CCNCC3)CC2C)COC1=O. The third-order valence-electron chi connectivity index (χ3n) is 4.47. The molecule has 0 saturated carbocycles. The Kier molecular flexibility index (Phi) is 3.41. The summed E-state index contributed by atoms with van der Waals surface area (Å²) in [6, 6.07) is 0.434. The lowest BCUT2D eigenvalue weighted by atomic mass is 10.1. The number of rotatable bonds is 2. The van der Waals surface area contributed by atoms with E-state index in [0.717, 1.165) is 38.2 Å². The van der Waals surface area contributed by atoms with Crippen LogP contribution < -0.4 is 5.32 Å². The maximum absolute atomic E-state index is 12.7. The van der Waals surface area contributed by atoms with Crippen LogP contribution in [0.5, 0.6) is 0 Å². The Hall–Kier alpha value is -1.56. The largest absolute Gasteiger partial charge is 0.456 e. The van der Waals surface area contributed by atoms with Gasteiger partial charge < -0.3 is 15.0 Å². The van der Waals surface area contributed by atoms with Crippen molar-refractivity contribution in [2.24, 2.45) is 0 Å². The van der Waals surface area contributed by atoms with Gasteiger partial charge in [-0.25, -0.2) is 9.59 Å². The van der Waals surface area contributed by atoms with E-state index >= 15 is 0 Å². The van der Waals surface area contributed by atoms with E-state index in [4.69, 9.17) is 4.74 Å². The zero-order chi connectivity index (χ0) is 14.3. The number of carbonyl (C=O) groups excluding carboxylic acids is 2. The van der Waals surface area contributed by atoms with Crippen LogP contribution in [0.1, 0.15) is 26.7 Å². The quantitative estimate of drug-likeness (QED) is 0.756. The average molecular weight is 279 g/mol. The Morgan fingerprint density at radius 3 is 2.55 bits per heavy atom. The molecule has 0 aliphatic carbocycles. The minimum atomic E-state index is -0.305. The number of nitrogens with zero attached hydrogens (tertiary/aromatic N) is 2. The van der Waals surface area contributed by atoms with Crippen molar-refractivity contribution in [3.8, 4) is 0 Å². The maximum Gasteiger partial charge on any atom is 0.336 e. The van der Waals surface area contributed by atoms with Crippen molar-refractivity contribution in [1.82, 2.24) is 15.1 Å². The Morgan fingerprint density at radius 2 is 1.95 bits per heavy atom. The standard InChI is InChI=1S/C14H21N3O3/c1-9-7-16(11-3-5-15-6-4-11)14(19)17(9)12-8-20-13(18)10(12)2/h9,11,15H,3-8H2,1-2H3. The summed E-state index contributed by atoms with van der Waals surface area (Å²) < 4.78 is 5.03. The van der Waals surface area contributed by atoms with Crippen molar-refractivity contribution in [3.05, 3.63) is 11.3 Å². The predicted molar refractivity (Wildman–Crippen MR) is 73.0 cm³/mol. The smallest absolute Gasteiger partial charge is 0.336 e. The molecule has 2 saturated heterocycles. The molecule has 1 N–H and O–H groups in total. The molecule has 20 heavy (non-hydrogen) atoms. The third kappa shape index (κ3) is 2.08. The molecular formula is C14H21N3O3. The van der Waals surface area contributed by atoms with Crippen LogP contribution in [0.2, 0.25) is 0 Å². The minimum absolute atomic E-state index is 0.0250. The van der Waals surface area contributed by atoms with Crippen molar-refractivity contribution in [2.45, 2.75) is 38.8 Å². The minimum Gasteiger partial charge on any atom is -0.456 e. The Bertz CT molecular complexity index is 468. The molecule has 3 heterocycles. The number of piperidine rings is 1. The molecule has 2 amide bonds. The molecule has 3 aliphatic rings. The molecule has 0 aromatic heterocycles. The molecule has 0 bridgehead atoms. The summed E-state index contributed by atoms with van der Waals surface area (Å²) in [5.41, 5.74) is 1.31. The molecule has 3 aliphatic heterocycles. The van der Waals surface area contributed by atoms with Gasteiger partial charge in [-0.3, -0.25) is 4.90 Å². The van der Waals surface area contributed by atoms with E-state index in [-0.39, 0.29) is 24.6 Å². The molecule has 1 atom stereocenters. The van der Waals surface area contributed by atoms with Crippen molar-refractivity contribution >= 4 is 12.0 Å². The van der Waals surface area contributed by atoms with Crippen LogP contribution in [0.25, 0.3) is 0 Å². The van der Waals surface area contributed by atoms with E-state index in [2.05, 4.69) is 5.32 Å². The van der Waals surface area contributed by atoms with Crippen molar-refractivity contribution in [1.29, 1.82) is 0 Å². The highest BCUT2D eigenvalue weighted by molar-refractivity contribution is 5.92. The molecule has 2 fully saturated rings. The summed E-state index contributed by atoms with van der Waals surface area (Å²) in [5.74, 6) is -0.305. The molecular weight excluding hydrogens is 258 g/mol. The van der Waals surface area contributed by atoms with Crippen LogP contribution in [0, 0.1) is 0 Å². The zero-order valence-electron chi connectivity index (χ0n) is 12.0. The monoisotopic (exact) mass is 279 g/mol. The van der Waals surface area contributed by atoms with Crippen LogP contribution in [0.3, 0.4) is 0 Å². The second-order valence-corrected chi connectivity index (χ2v) is 5.78. The van der Waals surface area contributed by atoms with Gasteiger partial charge in [0.1, 0.15) is 6.61 Å².